The number of carbonyl (C=O) groups excluding carboxylic acids is 2. The van der Waals surface area contributed by atoms with Crippen LogP contribution in [0.4, 0.5) is 11.4 Å². The maximum Gasteiger partial charge on any atom is 0.338 e. The molecule has 0 saturated carbocycles. The van der Waals surface area contributed by atoms with Crippen LogP contribution in [-0.4, -0.2) is 40.0 Å². The van der Waals surface area contributed by atoms with E-state index in [1.165, 1.54) is 23.9 Å². The highest BCUT2D eigenvalue weighted by molar-refractivity contribution is 9.10. The molecule has 0 radical (unpaired) electrons. The van der Waals surface area contributed by atoms with Crippen molar-refractivity contribution >= 4 is 62.2 Å². The smallest absolute Gasteiger partial charge is 0.338 e. The van der Waals surface area contributed by atoms with Gasteiger partial charge in [-0.25, -0.2) is 9.79 Å². The van der Waals surface area contributed by atoms with Gasteiger partial charge in [0.15, 0.2) is 5.17 Å². The largest absolute Gasteiger partial charge is 0.462 e. The number of hydrogen-bond acceptors (Lipinski definition) is 8. The van der Waals surface area contributed by atoms with Gasteiger partial charge in [-0.1, -0.05) is 6.07 Å². The van der Waals surface area contributed by atoms with Gasteiger partial charge in [0.1, 0.15) is 11.5 Å². The summed E-state index contributed by atoms with van der Waals surface area (Å²) in [5.41, 5.74) is 1.52. The number of benzene rings is 2. The molecule has 1 saturated heterocycles. The lowest BCUT2D eigenvalue weighted by molar-refractivity contribution is -0.384. The molecule has 3 aromatic rings. The van der Waals surface area contributed by atoms with Gasteiger partial charge >= 0.3 is 5.97 Å². The van der Waals surface area contributed by atoms with E-state index in [4.69, 9.17) is 9.15 Å². The monoisotopic (exact) mass is 569 g/mol. The van der Waals surface area contributed by atoms with E-state index in [-0.39, 0.29) is 18.2 Å². The zero-order valence-electron chi connectivity index (χ0n) is 19.3. The summed E-state index contributed by atoms with van der Waals surface area (Å²) in [5, 5.41) is 11.5. The van der Waals surface area contributed by atoms with Crippen LogP contribution in [0.3, 0.4) is 0 Å². The number of aliphatic imine (C=N–C) groups is 1. The molecule has 1 aliphatic rings. The second-order valence-corrected chi connectivity index (χ2v) is 9.31. The Morgan fingerprint density at radius 1 is 1.22 bits per heavy atom. The molecule has 1 amide bonds. The van der Waals surface area contributed by atoms with Crippen LogP contribution in [0.15, 0.2) is 73.4 Å². The molecule has 1 aliphatic heterocycles. The second kappa shape index (κ2) is 10.9. The van der Waals surface area contributed by atoms with E-state index in [2.05, 4.69) is 20.9 Å². The molecule has 0 N–H and O–H groups in total. The minimum absolute atomic E-state index is 0.0354. The number of nitrogens with zero attached hydrogens (tertiary/aromatic N) is 3. The van der Waals surface area contributed by atoms with Crippen molar-refractivity contribution < 1.29 is 23.7 Å². The van der Waals surface area contributed by atoms with Crippen molar-refractivity contribution in [1.29, 1.82) is 0 Å². The average molecular weight is 570 g/mol. The Labute approximate surface area is 219 Å². The number of hydrogen-bond donors (Lipinski definition) is 0. The van der Waals surface area contributed by atoms with Gasteiger partial charge in [0, 0.05) is 34.8 Å². The Bertz CT molecular complexity index is 1410. The highest BCUT2D eigenvalue weighted by Crippen LogP contribution is 2.36. The molecular formula is C25H20BrN3O6S. The number of furan rings is 1. The van der Waals surface area contributed by atoms with Gasteiger partial charge in [-0.3, -0.25) is 19.8 Å². The van der Waals surface area contributed by atoms with Gasteiger partial charge in [-0.05, 0) is 77.9 Å². The lowest BCUT2D eigenvalue weighted by atomic mass is 10.1. The highest BCUT2D eigenvalue weighted by atomic mass is 79.9. The molecule has 2 heterocycles. The lowest BCUT2D eigenvalue weighted by Gasteiger charge is -2.12. The van der Waals surface area contributed by atoms with Crippen LogP contribution >= 0.6 is 27.7 Å². The summed E-state index contributed by atoms with van der Waals surface area (Å²) in [4.78, 5) is 42.1. The van der Waals surface area contributed by atoms with Gasteiger partial charge in [0.2, 0.25) is 0 Å². The number of amidine groups is 1. The molecule has 2 aromatic carbocycles. The van der Waals surface area contributed by atoms with E-state index < -0.39 is 10.9 Å². The molecule has 0 atom stereocenters. The van der Waals surface area contributed by atoms with Crippen molar-refractivity contribution in [2.75, 3.05) is 13.2 Å². The number of rotatable bonds is 7. The summed E-state index contributed by atoms with van der Waals surface area (Å²) in [7, 11) is 0. The van der Waals surface area contributed by atoms with E-state index in [0.717, 1.165) is 0 Å². The van der Waals surface area contributed by atoms with Crippen molar-refractivity contribution in [2.45, 2.75) is 13.8 Å². The molecule has 11 heteroatoms. The van der Waals surface area contributed by atoms with Crippen molar-refractivity contribution in [3.8, 4) is 11.3 Å². The number of esters is 1. The Morgan fingerprint density at radius 3 is 2.72 bits per heavy atom. The number of non-ortho nitro benzene ring substituents is 1. The SMILES string of the molecule is CCOC(=O)c1cccc(N=C2SC(=Cc3ccc(-c4ccc([N+](=O)[O-])cc4Br)o3)C(=O)N2CC)c1. The van der Waals surface area contributed by atoms with Crippen LogP contribution in [-0.2, 0) is 9.53 Å². The van der Waals surface area contributed by atoms with E-state index in [1.54, 1.807) is 60.4 Å². The molecule has 4 rings (SSSR count). The zero-order valence-corrected chi connectivity index (χ0v) is 21.7. The number of amides is 1. The third kappa shape index (κ3) is 5.42. The molecule has 0 aliphatic carbocycles. The summed E-state index contributed by atoms with van der Waals surface area (Å²) in [6.07, 6.45) is 1.63. The standard InChI is InChI=1S/C25H20BrN3O6S/c1-3-28-23(30)22(36-25(28)27-16-7-5-6-15(12-16)24(31)34-4-2)14-18-9-11-21(35-18)19-10-8-17(29(32)33)13-20(19)26/h5-14H,3-4H2,1-2H3. The summed E-state index contributed by atoms with van der Waals surface area (Å²) < 4.78 is 11.5. The van der Waals surface area contributed by atoms with Crippen LogP contribution in [0, 0.1) is 10.1 Å². The predicted molar refractivity (Wildman–Crippen MR) is 141 cm³/mol. The zero-order chi connectivity index (χ0) is 25.8. The molecule has 0 unspecified atom stereocenters. The molecule has 9 nitrogen and oxygen atoms in total. The van der Waals surface area contributed by atoms with E-state index in [1.807, 2.05) is 6.92 Å². The number of halogens is 1. The first-order valence-electron chi connectivity index (χ1n) is 10.9. The molecule has 36 heavy (non-hydrogen) atoms. The highest BCUT2D eigenvalue weighted by Gasteiger charge is 2.32. The molecule has 1 aromatic heterocycles. The van der Waals surface area contributed by atoms with Gasteiger partial charge < -0.3 is 9.15 Å². The van der Waals surface area contributed by atoms with Gasteiger partial charge in [-0.15, -0.1) is 0 Å². The number of nitro groups is 1. The van der Waals surface area contributed by atoms with Crippen LogP contribution in [0.1, 0.15) is 30.0 Å². The number of ether oxygens (including phenoxy) is 1. The van der Waals surface area contributed by atoms with Gasteiger partial charge in [0.25, 0.3) is 11.6 Å². The van der Waals surface area contributed by atoms with Crippen molar-refractivity contribution in [2.24, 2.45) is 4.99 Å². The Balaban J connectivity index is 1.59. The van der Waals surface area contributed by atoms with Crippen molar-refractivity contribution in [1.82, 2.24) is 4.90 Å². The molecule has 184 valence electrons. The van der Waals surface area contributed by atoms with Crippen LogP contribution in [0.5, 0.6) is 0 Å². The number of nitro benzene ring substituents is 1. The fraction of sp³-hybridized carbons (Fsp3) is 0.160. The van der Waals surface area contributed by atoms with Crippen LogP contribution in [0.2, 0.25) is 0 Å². The van der Waals surface area contributed by atoms with Crippen molar-refractivity contribution in [3.63, 3.8) is 0 Å². The van der Waals surface area contributed by atoms with E-state index in [9.17, 15) is 19.7 Å². The van der Waals surface area contributed by atoms with Crippen LogP contribution in [0.25, 0.3) is 17.4 Å². The normalized spacial score (nSPS) is 15.6. The third-order valence-corrected chi connectivity index (χ3v) is 6.78. The predicted octanol–water partition coefficient (Wildman–Crippen LogP) is 6.42. The summed E-state index contributed by atoms with van der Waals surface area (Å²) >= 11 is 4.55. The van der Waals surface area contributed by atoms with Crippen LogP contribution < -0.4 is 0 Å². The molecule has 1 fully saturated rings. The quantitative estimate of drug-likeness (QED) is 0.139. The minimum Gasteiger partial charge on any atom is -0.462 e. The van der Waals surface area contributed by atoms with Gasteiger partial charge in [0.05, 0.1) is 27.7 Å². The third-order valence-electron chi connectivity index (χ3n) is 5.12. The van der Waals surface area contributed by atoms with E-state index >= 15 is 0 Å². The summed E-state index contributed by atoms with van der Waals surface area (Å²) in [5.74, 6) is 0.303. The Kier molecular flexibility index (Phi) is 7.70. The summed E-state index contributed by atoms with van der Waals surface area (Å²) in [6, 6.07) is 14.6. The van der Waals surface area contributed by atoms with Gasteiger partial charge in [-0.2, -0.15) is 0 Å². The average Bonchev–Trinajstić information content (AvgIpc) is 3.43. The van der Waals surface area contributed by atoms with E-state index in [0.29, 0.717) is 49.4 Å². The fourth-order valence-electron chi connectivity index (χ4n) is 3.42. The molecule has 0 bridgehead atoms. The minimum atomic E-state index is -0.471. The first-order valence-corrected chi connectivity index (χ1v) is 12.5. The number of thioether (sulfide) groups is 1. The van der Waals surface area contributed by atoms with Crippen molar-refractivity contribution in [3.05, 3.63) is 85.4 Å². The topological polar surface area (TPSA) is 115 Å². The maximum atomic E-state index is 13.0. The lowest BCUT2D eigenvalue weighted by Crippen LogP contribution is -2.28. The maximum absolute atomic E-state index is 13.0. The fourth-order valence-corrected chi connectivity index (χ4v) is 5.02. The second-order valence-electron chi connectivity index (χ2n) is 7.45. The Morgan fingerprint density at radius 2 is 2.03 bits per heavy atom. The first kappa shape index (κ1) is 25.4. The molecular weight excluding hydrogens is 550 g/mol. The summed E-state index contributed by atoms with van der Waals surface area (Å²) in [6.45, 7) is 4.28. The first-order chi connectivity index (χ1) is 17.3. The molecule has 0 spiro atoms. The Hall–Kier alpha value is -3.70. The number of likely N-dealkylation sites (N-methyl/N-ethyl adjacent to an activating group) is 1. The number of carbonyl (C=O) groups is 2.